The maximum atomic E-state index is 14.2. The molecule has 0 unspecified atom stereocenters. The smallest absolute Gasteiger partial charge is 0.425 e. The lowest BCUT2D eigenvalue weighted by Crippen LogP contribution is -2.44. The van der Waals surface area contributed by atoms with Gasteiger partial charge in [0.1, 0.15) is 16.7 Å². The Kier molecular flexibility index (Phi) is 6.28. The van der Waals surface area contributed by atoms with Crippen LogP contribution in [0.2, 0.25) is 0 Å². The van der Waals surface area contributed by atoms with Gasteiger partial charge in [-0.05, 0) is 75.7 Å². The highest BCUT2D eigenvalue weighted by atomic mass is 79.9. The van der Waals surface area contributed by atoms with Gasteiger partial charge in [-0.3, -0.25) is 0 Å². The molecule has 0 N–H and O–H groups in total. The zero-order chi connectivity index (χ0) is 23.8. The highest BCUT2D eigenvalue weighted by Crippen LogP contribution is 2.35. The number of rotatable bonds is 2. The SMILES string of the molecule is CC(C)(C)OC(=O)N(C(=O)OC(C)(C)C)c1ncc(Br)cc1-c1nc2c(F)cccc2o1. The summed E-state index contributed by atoms with van der Waals surface area (Å²) < 4.78 is 31.2. The van der Waals surface area contributed by atoms with Crippen LogP contribution in [0.5, 0.6) is 0 Å². The van der Waals surface area contributed by atoms with Crippen LogP contribution in [0.15, 0.2) is 39.4 Å². The molecular formula is C22H23BrFN3O5. The number of halogens is 2. The van der Waals surface area contributed by atoms with Gasteiger partial charge in [-0.1, -0.05) is 6.07 Å². The number of imide groups is 1. The van der Waals surface area contributed by atoms with Gasteiger partial charge in [0.15, 0.2) is 17.2 Å². The summed E-state index contributed by atoms with van der Waals surface area (Å²) >= 11 is 3.32. The number of nitrogens with zero attached hydrogens (tertiary/aromatic N) is 3. The average molecular weight is 508 g/mol. The summed E-state index contributed by atoms with van der Waals surface area (Å²) in [5.74, 6) is -0.743. The summed E-state index contributed by atoms with van der Waals surface area (Å²) in [6.07, 6.45) is -0.598. The van der Waals surface area contributed by atoms with Crippen LogP contribution in [0, 0.1) is 5.82 Å². The number of amides is 2. The number of pyridine rings is 1. The molecule has 0 aliphatic heterocycles. The molecule has 2 amide bonds. The Morgan fingerprint density at radius 2 is 1.66 bits per heavy atom. The van der Waals surface area contributed by atoms with E-state index < -0.39 is 29.2 Å². The van der Waals surface area contributed by atoms with Crippen LogP contribution >= 0.6 is 15.9 Å². The number of carbonyl (C=O) groups excluding carboxylic acids is 2. The minimum atomic E-state index is -0.995. The molecule has 32 heavy (non-hydrogen) atoms. The normalized spacial score (nSPS) is 12.0. The van der Waals surface area contributed by atoms with E-state index in [1.807, 2.05) is 0 Å². The number of benzene rings is 1. The van der Waals surface area contributed by atoms with E-state index in [1.165, 1.54) is 18.3 Å². The molecule has 0 aliphatic rings. The maximum absolute atomic E-state index is 14.2. The molecule has 0 atom stereocenters. The summed E-state index contributed by atoms with van der Waals surface area (Å²) in [6.45, 7) is 9.99. The van der Waals surface area contributed by atoms with Crippen LogP contribution in [0.4, 0.5) is 19.8 Å². The molecule has 0 saturated heterocycles. The number of hydrogen-bond donors (Lipinski definition) is 0. The predicted molar refractivity (Wildman–Crippen MR) is 120 cm³/mol. The lowest BCUT2D eigenvalue weighted by atomic mass is 10.2. The topological polar surface area (TPSA) is 94.8 Å². The van der Waals surface area contributed by atoms with Gasteiger partial charge in [0.2, 0.25) is 5.89 Å². The molecular weight excluding hydrogens is 485 g/mol. The standard InChI is InChI=1S/C22H23BrFN3O5/c1-21(2,3)31-19(28)27(20(29)32-22(4,5)6)17-13(10-12(23)11-25-17)18-26-16-14(24)8-7-9-15(16)30-18/h7-11H,1-6H3. The van der Waals surface area contributed by atoms with Crippen molar-refractivity contribution in [3.63, 3.8) is 0 Å². The molecule has 0 bridgehead atoms. The van der Waals surface area contributed by atoms with Crippen molar-refractivity contribution in [3.8, 4) is 11.5 Å². The Bertz CT molecular complexity index is 1150. The van der Waals surface area contributed by atoms with Gasteiger partial charge in [0, 0.05) is 10.7 Å². The second-order valence-corrected chi connectivity index (χ2v) is 9.84. The fraction of sp³-hybridized carbons (Fsp3) is 0.364. The number of oxazole rings is 1. The van der Waals surface area contributed by atoms with E-state index in [4.69, 9.17) is 13.9 Å². The van der Waals surface area contributed by atoms with Crippen molar-refractivity contribution < 1.29 is 27.9 Å². The molecule has 10 heteroatoms. The third kappa shape index (κ3) is 5.42. The van der Waals surface area contributed by atoms with E-state index in [0.717, 1.165) is 0 Å². The van der Waals surface area contributed by atoms with Gasteiger partial charge in [-0.15, -0.1) is 0 Å². The van der Waals surface area contributed by atoms with Crippen molar-refractivity contribution in [2.45, 2.75) is 52.7 Å². The molecule has 0 spiro atoms. The van der Waals surface area contributed by atoms with Gasteiger partial charge >= 0.3 is 12.2 Å². The van der Waals surface area contributed by atoms with Crippen molar-refractivity contribution in [3.05, 3.63) is 40.8 Å². The highest BCUT2D eigenvalue weighted by molar-refractivity contribution is 9.10. The van der Waals surface area contributed by atoms with Crippen molar-refractivity contribution in [2.75, 3.05) is 4.90 Å². The van der Waals surface area contributed by atoms with E-state index in [2.05, 4.69) is 25.9 Å². The molecule has 0 aliphatic carbocycles. The molecule has 2 aromatic heterocycles. The first-order valence-electron chi connectivity index (χ1n) is 9.72. The number of hydrogen-bond acceptors (Lipinski definition) is 7. The second kappa shape index (κ2) is 8.50. The van der Waals surface area contributed by atoms with Gasteiger partial charge in [-0.25, -0.2) is 23.9 Å². The molecule has 1 aromatic carbocycles. The van der Waals surface area contributed by atoms with Gasteiger partial charge < -0.3 is 13.9 Å². The highest BCUT2D eigenvalue weighted by Gasteiger charge is 2.36. The van der Waals surface area contributed by atoms with Crippen LogP contribution in [0.3, 0.4) is 0 Å². The first-order chi connectivity index (χ1) is 14.7. The van der Waals surface area contributed by atoms with Gasteiger partial charge in [0.25, 0.3) is 0 Å². The van der Waals surface area contributed by atoms with Crippen molar-refractivity contribution in [1.29, 1.82) is 0 Å². The molecule has 0 fully saturated rings. The van der Waals surface area contributed by atoms with E-state index in [0.29, 0.717) is 9.37 Å². The monoisotopic (exact) mass is 507 g/mol. The molecule has 8 nitrogen and oxygen atoms in total. The average Bonchev–Trinajstić information content (AvgIpc) is 3.05. The van der Waals surface area contributed by atoms with E-state index in [9.17, 15) is 14.0 Å². The van der Waals surface area contributed by atoms with E-state index in [1.54, 1.807) is 53.7 Å². The summed E-state index contributed by atoms with van der Waals surface area (Å²) in [7, 11) is 0. The van der Waals surface area contributed by atoms with E-state index >= 15 is 0 Å². The molecule has 0 saturated carbocycles. The molecule has 0 radical (unpaired) electrons. The zero-order valence-electron chi connectivity index (χ0n) is 18.5. The van der Waals surface area contributed by atoms with Crippen molar-refractivity contribution >= 4 is 45.0 Å². The molecule has 2 heterocycles. The number of ether oxygens (including phenoxy) is 2. The fourth-order valence-corrected chi connectivity index (χ4v) is 2.99. The minimum absolute atomic E-state index is 0.00881. The van der Waals surface area contributed by atoms with Gasteiger partial charge in [0.05, 0.1) is 5.56 Å². The lowest BCUT2D eigenvalue weighted by molar-refractivity contribution is 0.0429. The Hall–Kier alpha value is -3.01. The maximum Gasteiger partial charge on any atom is 0.425 e. The number of para-hydroxylation sites is 1. The minimum Gasteiger partial charge on any atom is -0.443 e. The van der Waals surface area contributed by atoms with Crippen molar-refractivity contribution in [2.24, 2.45) is 0 Å². The Morgan fingerprint density at radius 3 is 2.19 bits per heavy atom. The largest absolute Gasteiger partial charge is 0.443 e. The molecule has 170 valence electrons. The molecule has 3 aromatic rings. The van der Waals surface area contributed by atoms with Crippen LogP contribution in [0.25, 0.3) is 22.6 Å². The van der Waals surface area contributed by atoms with Gasteiger partial charge in [-0.2, -0.15) is 4.90 Å². The lowest BCUT2D eigenvalue weighted by Gasteiger charge is -2.28. The number of aromatic nitrogens is 2. The quantitative estimate of drug-likeness (QED) is 0.392. The molecule has 3 rings (SSSR count). The predicted octanol–water partition coefficient (Wildman–Crippen LogP) is 6.47. The summed E-state index contributed by atoms with van der Waals surface area (Å²) in [5, 5.41) is 0. The summed E-state index contributed by atoms with van der Waals surface area (Å²) in [4.78, 5) is 35.1. The Morgan fingerprint density at radius 1 is 1.06 bits per heavy atom. The summed E-state index contributed by atoms with van der Waals surface area (Å²) in [5.41, 5.74) is -1.42. The third-order valence-electron chi connectivity index (χ3n) is 3.80. The zero-order valence-corrected chi connectivity index (χ0v) is 20.1. The number of carbonyl (C=O) groups is 2. The first-order valence-corrected chi connectivity index (χ1v) is 10.5. The van der Waals surface area contributed by atoms with Crippen molar-refractivity contribution in [1.82, 2.24) is 9.97 Å². The number of fused-ring (bicyclic) bond motifs is 1. The first kappa shape index (κ1) is 23.6. The van der Waals surface area contributed by atoms with Crippen LogP contribution < -0.4 is 4.90 Å². The number of anilines is 1. The Labute approximate surface area is 192 Å². The van der Waals surface area contributed by atoms with Crippen LogP contribution in [-0.2, 0) is 9.47 Å². The third-order valence-corrected chi connectivity index (χ3v) is 4.23. The van der Waals surface area contributed by atoms with Crippen LogP contribution in [0.1, 0.15) is 41.5 Å². The van der Waals surface area contributed by atoms with E-state index in [-0.39, 0.29) is 28.4 Å². The Balaban J connectivity index is 2.18. The fourth-order valence-electron chi connectivity index (χ4n) is 2.66. The van der Waals surface area contributed by atoms with Crippen LogP contribution in [-0.4, -0.2) is 33.4 Å². The second-order valence-electron chi connectivity index (χ2n) is 8.93. The summed E-state index contributed by atoms with van der Waals surface area (Å²) in [6, 6.07) is 5.84.